The predicted octanol–water partition coefficient (Wildman–Crippen LogP) is 5.30. The first-order valence-corrected chi connectivity index (χ1v) is 12.7. The van der Waals surface area contributed by atoms with E-state index in [0.717, 1.165) is 47.1 Å². The van der Waals surface area contributed by atoms with Crippen LogP contribution in [0, 0.1) is 0 Å². The Labute approximate surface area is 197 Å². The van der Waals surface area contributed by atoms with Gasteiger partial charge in [0.1, 0.15) is 11.9 Å². The van der Waals surface area contributed by atoms with Crippen LogP contribution in [0.4, 0.5) is 11.4 Å². The average Bonchev–Trinajstić information content (AvgIpc) is 2.81. The van der Waals surface area contributed by atoms with Crippen molar-refractivity contribution < 1.29 is 13.2 Å². The molecule has 1 aromatic heterocycles. The van der Waals surface area contributed by atoms with Crippen LogP contribution in [-0.2, 0) is 10.0 Å². The summed E-state index contributed by atoms with van der Waals surface area (Å²) in [7, 11) is -3.62. The lowest BCUT2D eigenvalue weighted by Crippen LogP contribution is -2.38. The second-order valence-electron chi connectivity index (χ2n) is 7.51. The van der Waals surface area contributed by atoms with Crippen molar-refractivity contribution in [2.45, 2.75) is 18.9 Å². The van der Waals surface area contributed by atoms with Gasteiger partial charge in [0.15, 0.2) is 0 Å². The van der Waals surface area contributed by atoms with Gasteiger partial charge < -0.3 is 9.64 Å². The molecule has 0 amide bonds. The second kappa shape index (κ2) is 10.2. The van der Waals surface area contributed by atoms with Crippen molar-refractivity contribution in [1.29, 1.82) is 0 Å². The van der Waals surface area contributed by atoms with E-state index in [1.54, 1.807) is 30.3 Å². The number of ether oxygens (including phenoxy) is 1. The van der Waals surface area contributed by atoms with Crippen LogP contribution >= 0.6 is 15.9 Å². The van der Waals surface area contributed by atoms with E-state index in [1.165, 1.54) is 5.69 Å². The first-order chi connectivity index (χ1) is 15.5. The van der Waals surface area contributed by atoms with Crippen molar-refractivity contribution in [2.24, 2.45) is 0 Å². The van der Waals surface area contributed by atoms with E-state index in [9.17, 15) is 8.42 Å². The third-order valence-electron chi connectivity index (χ3n) is 5.22. The van der Waals surface area contributed by atoms with Crippen LogP contribution in [0.25, 0.3) is 6.08 Å². The Morgan fingerprint density at radius 1 is 1.00 bits per heavy atom. The number of rotatable bonds is 7. The molecular formula is C24H24BrN3O3S. The summed E-state index contributed by atoms with van der Waals surface area (Å²) in [5.74, 6) is 0.735. The normalized spacial score (nSPS) is 15.1. The maximum Gasteiger partial charge on any atom is 0.255 e. The Bertz CT molecular complexity index is 1160. The highest BCUT2D eigenvalue weighted by molar-refractivity contribution is 9.10. The van der Waals surface area contributed by atoms with Crippen LogP contribution in [-0.4, -0.2) is 32.6 Å². The molecule has 1 saturated heterocycles. The fourth-order valence-corrected chi connectivity index (χ4v) is 4.83. The summed E-state index contributed by atoms with van der Waals surface area (Å²) in [6, 6.07) is 18.5. The predicted molar refractivity (Wildman–Crippen MR) is 132 cm³/mol. The molecule has 4 rings (SSSR count). The molecule has 3 aromatic rings. The number of anilines is 2. The minimum Gasteiger partial charge on any atom is -0.490 e. The minimum atomic E-state index is -3.62. The highest BCUT2D eigenvalue weighted by Gasteiger charge is 2.20. The lowest BCUT2D eigenvalue weighted by molar-refractivity contribution is 0.171. The molecule has 1 aliphatic rings. The van der Waals surface area contributed by atoms with Crippen LogP contribution in [0.3, 0.4) is 0 Å². The Morgan fingerprint density at radius 3 is 2.38 bits per heavy atom. The first kappa shape index (κ1) is 22.4. The maximum atomic E-state index is 12.4. The molecule has 2 aromatic carbocycles. The molecule has 166 valence electrons. The summed E-state index contributed by atoms with van der Waals surface area (Å²) >= 11 is 3.41. The number of benzene rings is 2. The number of aromatic nitrogens is 1. The van der Waals surface area contributed by atoms with Crippen LogP contribution in [0.5, 0.6) is 5.75 Å². The molecule has 0 spiro atoms. The van der Waals surface area contributed by atoms with Crippen molar-refractivity contribution in [3.8, 4) is 5.75 Å². The lowest BCUT2D eigenvalue weighted by Gasteiger charge is -2.33. The van der Waals surface area contributed by atoms with E-state index in [-0.39, 0.29) is 6.10 Å². The summed E-state index contributed by atoms with van der Waals surface area (Å²) in [4.78, 5) is 6.40. The first-order valence-electron chi connectivity index (χ1n) is 10.4. The molecule has 1 fully saturated rings. The Kier molecular flexibility index (Phi) is 7.12. The van der Waals surface area contributed by atoms with Gasteiger partial charge in [0, 0.05) is 54.2 Å². The fourth-order valence-electron chi connectivity index (χ4n) is 3.55. The Balaban J connectivity index is 1.30. The minimum absolute atomic E-state index is 0.142. The third kappa shape index (κ3) is 6.11. The molecule has 0 aliphatic carbocycles. The summed E-state index contributed by atoms with van der Waals surface area (Å²) in [5.41, 5.74) is 2.46. The molecule has 1 aliphatic heterocycles. The number of hydrogen-bond donors (Lipinski definition) is 1. The van der Waals surface area contributed by atoms with Crippen molar-refractivity contribution in [3.63, 3.8) is 0 Å². The third-order valence-corrected chi connectivity index (χ3v) is 6.96. The van der Waals surface area contributed by atoms with Gasteiger partial charge in [0.2, 0.25) is 0 Å². The van der Waals surface area contributed by atoms with E-state index >= 15 is 0 Å². The smallest absolute Gasteiger partial charge is 0.255 e. The van der Waals surface area contributed by atoms with E-state index in [0.29, 0.717) is 5.69 Å². The van der Waals surface area contributed by atoms with Gasteiger partial charge in [-0.05, 0) is 54.1 Å². The summed E-state index contributed by atoms with van der Waals surface area (Å²) in [5, 5.41) is 1.16. The number of nitrogens with one attached hydrogen (secondary N) is 1. The van der Waals surface area contributed by atoms with Crippen molar-refractivity contribution in [3.05, 3.63) is 88.5 Å². The zero-order valence-electron chi connectivity index (χ0n) is 17.4. The maximum absolute atomic E-state index is 12.4. The molecule has 0 unspecified atom stereocenters. The van der Waals surface area contributed by atoms with Gasteiger partial charge in [-0.2, -0.15) is 0 Å². The molecule has 8 heteroatoms. The molecule has 0 radical (unpaired) electrons. The SMILES string of the molecule is O=S(=O)(C=Cc1ccccc1Br)Nc1ccc(OC2CCN(c3ccncc3)CC2)cc1. The second-order valence-corrected chi connectivity index (χ2v) is 9.93. The molecule has 1 N–H and O–H groups in total. The Hall–Kier alpha value is -2.84. The average molecular weight is 514 g/mol. The number of sulfonamides is 1. The highest BCUT2D eigenvalue weighted by atomic mass is 79.9. The number of hydrogen-bond acceptors (Lipinski definition) is 5. The molecular weight excluding hydrogens is 490 g/mol. The van der Waals surface area contributed by atoms with Gasteiger partial charge in [0.25, 0.3) is 10.0 Å². The zero-order valence-corrected chi connectivity index (χ0v) is 19.8. The van der Waals surface area contributed by atoms with E-state index < -0.39 is 10.0 Å². The number of piperidine rings is 1. The highest BCUT2D eigenvalue weighted by Crippen LogP contribution is 2.24. The quantitative estimate of drug-likeness (QED) is 0.463. The van der Waals surface area contributed by atoms with Gasteiger partial charge in [-0.1, -0.05) is 34.1 Å². The van der Waals surface area contributed by atoms with E-state index in [1.807, 2.05) is 48.8 Å². The number of nitrogens with zero attached hydrogens (tertiary/aromatic N) is 2. The van der Waals surface area contributed by atoms with Crippen LogP contribution in [0.15, 0.2) is 82.9 Å². The summed E-state index contributed by atoms with van der Waals surface area (Å²) in [6.45, 7) is 1.85. The molecule has 2 heterocycles. The number of pyridine rings is 1. The molecule has 32 heavy (non-hydrogen) atoms. The summed E-state index contributed by atoms with van der Waals surface area (Å²) < 4.78 is 34.3. The van der Waals surface area contributed by atoms with Gasteiger partial charge in [-0.3, -0.25) is 9.71 Å². The van der Waals surface area contributed by atoms with E-state index in [2.05, 4.69) is 30.5 Å². The molecule has 0 saturated carbocycles. The van der Waals surface area contributed by atoms with Crippen molar-refractivity contribution in [2.75, 3.05) is 22.7 Å². The van der Waals surface area contributed by atoms with Crippen LogP contribution in [0.2, 0.25) is 0 Å². The van der Waals surface area contributed by atoms with Crippen LogP contribution in [0.1, 0.15) is 18.4 Å². The van der Waals surface area contributed by atoms with E-state index in [4.69, 9.17) is 4.74 Å². The Morgan fingerprint density at radius 2 is 1.69 bits per heavy atom. The summed E-state index contributed by atoms with van der Waals surface area (Å²) in [6.07, 6.45) is 7.17. The fraction of sp³-hybridized carbons (Fsp3) is 0.208. The van der Waals surface area contributed by atoms with Crippen molar-refractivity contribution in [1.82, 2.24) is 4.98 Å². The van der Waals surface area contributed by atoms with Crippen LogP contribution < -0.4 is 14.4 Å². The molecule has 6 nitrogen and oxygen atoms in total. The standard InChI is InChI=1S/C24H24BrN3O3S/c25-24-4-2-1-3-19(24)13-18-32(29,30)27-20-5-7-22(8-6-20)31-23-11-16-28(17-12-23)21-9-14-26-15-10-21/h1-10,13-15,18,23,27H,11-12,16-17H2. The van der Waals surface area contributed by atoms with Crippen molar-refractivity contribution >= 4 is 43.4 Å². The molecule has 0 bridgehead atoms. The largest absolute Gasteiger partial charge is 0.490 e. The number of halogens is 1. The lowest BCUT2D eigenvalue weighted by atomic mass is 10.1. The molecule has 0 atom stereocenters. The van der Waals surface area contributed by atoms with Gasteiger partial charge in [0.05, 0.1) is 5.41 Å². The van der Waals surface area contributed by atoms with Gasteiger partial charge in [-0.15, -0.1) is 0 Å². The zero-order chi connectivity index (χ0) is 22.4. The van der Waals surface area contributed by atoms with Gasteiger partial charge >= 0.3 is 0 Å². The topological polar surface area (TPSA) is 71.5 Å². The monoisotopic (exact) mass is 513 g/mol. The van der Waals surface area contributed by atoms with Gasteiger partial charge in [-0.25, -0.2) is 8.42 Å².